The number of hydrogen-bond donors (Lipinski definition) is 1. The summed E-state index contributed by atoms with van der Waals surface area (Å²) in [5, 5.41) is 9.17. The second-order valence-electron chi connectivity index (χ2n) is 4.46. The third-order valence-corrected chi connectivity index (χ3v) is 4.35. The van der Waals surface area contributed by atoms with Gasteiger partial charge in [0.15, 0.2) is 0 Å². The number of nitrogens with zero attached hydrogens (tertiary/aromatic N) is 1. The first-order valence-electron chi connectivity index (χ1n) is 6.01. The second kappa shape index (κ2) is 5.18. The van der Waals surface area contributed by atoms with Gasteiger partial charge in [0, 0.05) is 16.8 Å². The van der Waals surface area contributed by atoms with Gasteiger partial charge in [-0.2, -0.15) is 0 Å². The van der Waals surface area contributed by atoms with Crippen LogP contribution in [-0.2, 0) is 0 Å². The topological polar surface area (TPSA) is 40.5 Å². The van der Waals surface area contributed by atoms with Gasteiger partial charge in [-0.3, -0.25) is 4.90 Å². The lowest BCUT2D eigenvalue weighted by atomic mass is 10.1. The molecule has 0 aromatic heterocycles. The zero-order chi connectivity index (χ0) is 15.1. The van der Waals surface area contributed by atoms with Crippen LogP contribution in [0.15, 0.2) is 42.5 Å². The van der Waals surface area contributed by atoms with Crippen molar-refractivity contribution < 1.29 is 9.90 Å². The quantitative estimate of drug-likeness (QED) is 0.844. The number of carboxylic acid groups (broad SMARTS) is 1. The Hall–Kier alpha value is -1.82. The Morgan fingerprint density at radius 2 is 1.62 bits per heavy atom. The molecule has 2 aromatic carbocycles. The molecule has 0 aliphatic carbocycles. The summed E-state index contributed by atoms with van der Waals surface area (Å²) < 4.78 is 0. The predicted molar refractivity (Wildman–Crippen MR) is 90.7 cm³/mol. The number of carboxylic acids is 1. The Kier molecular flexibility index (Phi) is 3.49. The minimum Gasteiger partial charge on any atom is -0.478 e. The van der Waals surface area contributed by atoms with Crippen LogP contribution < -0.4 is 4.90 Å². The molecule has 0 spiro atoms. The van der Waals surface area contributed by atoms with Gasteiger partial charge in [-0.05, 0) is 18.2 Å². The molecule has 1 aliphatic heterocycles. The standard InChI is InChI=1S/C15H8ClNO2S2/c16-12-7-8(5-6-11(12)15(18)19)17-13(20)9-3-1-2-4-10(9)14(17)21/h1-7H,(H,18,19). The molecule has 0 amide bonds. The third-order valence-electron chi connectivity index (χ3n) is 3.24. The largest absolute Gasteiger partial charge is 0.478 e. The molecule has 0 atom stereocenters. The molecule has 3 rings (SSSR count). The van der Waals surface area contributed by atoms with Crippen molar-refractivity contribution in [2.75, 3.05) is 4.90 Å². The first kappa shape index (κ1) is 14.1. The van der Waals surface area contributed by atoms with Crippen LogP contribution in [0, 0.1) is 0 Å². The van der Waals surface area contributed by atoms with Crippen LogP contribution in [0.5, 0.6) is 0 Å². The number of halogens is 1. The van der Waals surface area contributed by atoms with Gasteiger partial charge >= 0.3 is 5.97 Å². The van der Waals surface area contributed by atoms with Crippen molar-refractivity contribution in [3.05, 3.63) is 64.2 Å². The SMILES string of the molecule is O=C(O)c1ccc(N2C(=S)c3ccccc3C2=S)cc1Cl. The molecule has 1 heterocycles. The van der Waals surface area contributed by atoms with E-state index in [1.807, 2.05) is 24.3 Å². The van der Waals surface area contributed by atoms with Gasteiger partial charge < -0.3 is 5.11 Å². The van der Waals surface area contributed by atoms with Crippen LogP contribution in [0.4, 0.5) is 5.69 Å². The zero-order valence-corrected chi connectivity index (χ0v) is 12.9. The van der Waals surface area contributed by atoms with E-state index in [4.69, 9.17) is 41.1 Å². The Labute approximate surface area is 136 Å². The second-order valence-corrected chi connectivity index (χ2v) is 5.64. The molecule has 104 valence electrons. The molecule has 3 nitrogen and oxygen atoms in total. The van der Waals surface area contributed by atoms with E-state index >= 15 is 0 Å². The summed E-state index contributed by atoms with van der Waals surface area (Å²) in [5.41, 5.74) is 2.51. The number of aromatic carboxylic acids is 1. The number of anilines is 1. The van der Waals surface area contributed by atoms with Crippen molar-refractivity contribution in [1.82, 2.24) is 0 Å². The van der Waals surface area contributed by atoms with E-state index < -0.39 is 5.97 Å². The van der Waals surface area contributed by atoms with E-state index in [0.717, 1.165) is 11.1 Å². The summed E-state index contributed by atoms with van der Waals surface area (Å²) in [6, 6.07) is 12.3. The van der Waals surface area contributed by atoms with Crippen molar-refractivity contribution in [1.29, 1.82) is 0 Å². The van der Waals surface area contributed by atoms with E-state index in [0.29, 0.717) is 15.7 Å². The van der Waals surface area contributed by atoms with Crippen LogP contribution >= 0.6 is 36.0 Å². The lowest BCUT2D eigenvalue weighted by Gasteiger charge is -2.19. The summed E-state index contributed by atoms with van der Waals surface area (Å²) in [4.78, 5) is 13.9. The van der Waals surface area contributed by atoms with Gasteiger partial charge in [-0.1, -0.05) is 60.3 Å². The van der Waals surface area contributed by atoms with E-state index in [1.165, 1.54) is 6.07 Å². The molecular formula is C15H8ClNO2S2. The Bertz CT molecular complexity index is 769. The molecule has 1 aliphatic rings. The fourth-order valence-electron chi connectivity index (χ4n) is 2.24. The number of fused-ring (bicyclic) bond motifs is 1. The average molecular weight is 334 g/mol. The predicted octanol–water partition coefficient (Wildman–Crippen LogP) is 3.91. The van der Waals surface area contributed by atoms with Crippen molar-refractivity contribution in [3.8, 4) is 0 Å². The van der Waals surface area contributed by atoms with Gasteiger partial charge in [0.05, 0.1) is 10.6 Å². The molecule has 0 bridgehead atoms. The summed E-state index contributed by atoms with van der Waals surface area (Å²) in [5.74, 6) is -1.07. The maximum Gasteiger partial charge on any atom is 0.337 e. The average Bonchev–Trinajstić information content (AvgIpc) is 2.71. The van der Waals surface area contributed by atoms with E-state index in [1.54, 1.807) is 17.0 Å². The summed E-state index contributed by atoms with van der Waals surface area (Å²) >= 11 is 16.9. The summed E-state index contributed by atoms with van der Waals surface area (Å²) in [6.45, 7) is 0. The molecule has 0 radical (unpaired) electrons. The van der Waals surface area contributed by atoms with Crippen LogP contribution in [0.1, 0.15) is 21.5 Å². The Morgan fingerprint density at radius 1 is 1.05 bits per heavy atom. The van der Waals surface area contributed by atoms with Crippen molar-refractivity contribution >= 4 is 57.7 Å². The normalized spacial score (nSPS) is 13.5. The van der Waals surface area contributed by atoms with E-state index in [9.17, 15) is 4.79 Å². The summed E-state index contributed by atoms with van der Waals surface area (Å²) in [6.07, 6.45) is 0. The number of benzene rings is 2. The molecule has 0 fully saturated rings. The van der Waals surface area contributed by atoms with E-state index in [-0.39, 0.29) is 10.6 Å². The lowest BCUT2D eigenvalue weighted by Crippen LogP contribution is -2.27. The number of thiocarbonyl (C=S) groups is 2. The summed E-state index contributed by atoms with van der Waals surface area (Å²) in [7, 11) is 0. The first-order chi connectivity index (χ1) is 10.0. The zero-order valence-electron chi connectivity index (χ0n) is 10.5. The highest BCUT2D eigenvalue weighted by Crippen LogP contribution is 2.32. The molecule has 0 unspecified atom stereocenters. The number of carbonyl (C=O) groups is 1. The third kappa shape index (κ3) is 2.23. The van der Waals surface area contributed by atoms with Crippen molar-refractivity contribution in [2.24, 2.45) is 0 Å². The molecule has 21 heavy (non-hydrogen) atoms. The first-order valence-corrected chi connectivity index (χ1v) is 7.21. The number of hydrogen-bond acceptors (Lipinski definition) is 3. The van der Waals surface area contributed by atoms with Crippen molar-refractivity contribution in [2.45, 2.75) is 0 Å². The molecule has 2 aromatic rings. The molecule has 6 heteroatoms. The maximum atomic E-state index is 11.0. The van der Waals surface area contributed by atoms with Crippen molar-refractivity contribution in [3.63, 3.8) is 0 Å². The fourth-order valence-corrected chi connectivity index (χ4v) is 3.30. The van der Waals surface area contributed by atoms with Gasteiger partial charge in [0.2, 0.25) is 0 Å². The van der Waals surface area contributed by atoms with Gasteiger partial charge in [0.25, 0.3) is 0 Å². The highest BCUT2D eigenvalue weighted by molar-refractivity contribution is 7.83. The molecule has 1 N–H and O–H groups in total. The molecular weight excluding hydrogens is 326 g/mol. The minimum absolute atomic E-state index is 0.0500. The maximum absolute atomic E-state index is 11.0. The van der Waals surface area contributed by atoms with E-state index in [2.05, 4.69) is 0 Å². The molecule has 0 saturated carbocycles. The van der Waals surface area contributed by atoms with Gasteiger partial charge in [-0.25, -0.2) is 4.79 Å². The monoisotopic (exact) mass is 333 g/mol. The molecule has 0 saturated heterocycles. The fraction of sp³-hybridized carbons (Fsp3) is 0. The van der Waals surface area contributed by atoms with Crippen LogP contribution in [0.25, 0.3) is 0 Å². The Morgan fingerprint density at radius 3 is 2.10 bits per heavy atom. The highest BCUT2D eigenvalue weighted by Gasteiger charge is 2.30. The van der Waals surface area contributed by atoms with Gasteiger partial charge in [0.1, 0.15) is 9.98 Å². The minimum atomic E-state index is -1.07. The number of rotatable bonds is 2. The van der Waals surface area contributed by atoms with Crippen LogP contribution in [0.2, 0.25) is 5.02 Å². The Balaban J connectivity index is 2.07. The van der Waals surface area contributed by atoms with Crippen LogP contribution in [-0.4, -0.2) is 21.1 Å². The van der Waals surface area contributed by atoms with Crippen LogP contribution in [0.3, 0.4) is 0 Å². The highest BCUT2D eigenvalue weighted by atomic mass is 35.5. The lowest BCUT2D eigenvalue weighted by molar-refractivity contribution is 0.0697. The van der Waals surface area contributed by atoms with Gasteiger partial charge in [-0.15, -0.1) is 0 Å². The smallest absolute Gasteiger partial charge is 0.337 e.